The predicted molar refractivity (Wildman–Crippen MR) is 71.7 cm³/mol. The van der Waals surface area contributed by atoms with Crippen LogP contribution in [0.4, 0.5) is 0 Å². The number of carboxylic acids is 1. The number of nitrogens with one attached hydrogen (secondary N) is 1. The van der Waals surface area contributed by atoms with Crippen molar-refractivity contribution in [2.24, 2.45) is 17.3 Å². The van der Waals surface area contributed by atoms with E-state index in [-0.39, 0.29) is 29.3 Å². The molecule has 0 aromatic rings. The number of ether oxygens (including phenoxy) is 1. The highest BCUT2D eigenvalue weighted by Gasteiger charge is 2.34. The largest absolute Gasteiger partial charge is 0.481 e. The molecule has 0 aliphatic heterocycles. The number of amides is 1. The molecule has 5 heteroatoms. The van der Waals surface area contributed by atoms with E-state index < -0.39 is 5.97 Å². The van der Waals surface area contributed by atoms with Crippen LogP contribution in [-0.4, -0.2) is 36.7 Å². The van der Waals surface area contributed by atoms with Gasteiger partial charge in [-0.15, -0.1) is 0 Å². The average Bonchev–Trinajstić information content (AvgIpc) is 2.77. The van der Waals surface area contributed by atoms with Crippen LogP contribution < -0.4 is 5.32 Å². The molecule has 0 radical (unpaired) electrons. The molecule has 110 valence electrons. The van der Waals surface area contributed by atoms with Crippen LogP contribution in [0.2, 0.25) is 0 Å². The molecule has 0 aromatic carbocycles. The van der Waals surface area contributed by atoms with Gasteiger partial charge < -0.3 is 15.2 Å². The van der Waals surface area contributed by atoms with E-state index in [9.17, 15) is 9.59 Å². The molecule has 19 heavy (non-hydrogen) atoms. The summed E-state index contributed by atoms with van der Waals surface area (Å²) in [7, 11) is 1.64. The Labute approximate surface area is 114 Å². The Bertz CT molecular complexity index is 335. The first-order valence-corrected chi connectivity index (χ1v) is 6.79. The van der Waals surface area contributed by atoms with Crippen molar-refractivity contribution in [1.82, 2.24) is 5.32 Å². The minimum absolute atomic E-state index is 0.0404. The van der Waals surface area contributed by atoms with Crippen LogP contribution in [0.15, 0.2) is 0 Å². The van der Waals surface area contributed by atoms with Gasteiger partial charge in [0.2, 0.25) is 5.91 Å². The molecule has 0 heterocycles. The fraction of sp³-hybridized carbons (Fsp3) is 0.857. The molecular weight excluding hydrogens is 246 g/mol. The van der Waals surface area contributed by atoms with Gasteiger partial charge in [-0.1, -0.05) is 20.8 Å². The van der Waals surface area contributed by atoms with E-state index in [2.05, 4.69) is 26.1 Å². The molecule has 1 unspecified atom stereocenters. The molecule has 1 aliphatic rings. The van der Waals surface area contributed by atoms with Crippen molar-refractivity contribution in [3.8, 4) is 0 Å². The predicted octanol–water partition coefficient (Wildman–Crippen LogP) is 1.66. The smallest absolute Gasteiger partial charge is 0.306 e. The van der Waals surface area contributed by atoms with Gasteiger partial charge in [0.25, 0.3) is 0 Å². The lowest BCUT2D eigenvalue weighted by molar-refractivity contribution is -0.141. The quantitative estimate of drug-likeness (QED) is 0.797. The summed E-state index contributed by atoms with van der Waals surface area (Å²) in [5, 5.41) is 11.8. The second-order valence-corrected chi connectivity index (χ2v) is 6.38. The Hall–Kier alpha value is -1.10. The normalized spacial score (nSPS) is 25.1. The van der Waals surface area contributed by atoms with E-state index in [1.54, 1.807) is 7.11 Å². The topological polar surface area (TPSA) is 75.6 Å². The molecule has 3 atom stereocenters. The van der Waals surface area contributed by atoms with Crippen molar-refractivity contribution in [3.05, 3.63) is 0 Å². The Morgan fingerprint density at radius 2 is 1.89 bits per heavy atom. The molecule has 0 bridgehead atoms. The molecule has 0 saturated heterocycles. The molecule has 1 rings (SSSR count). The Balaban J connectivity index is 2.42. The van der Waals surface area contributed by atoms with Crippen LogP contribution >= 0.6 is 0 Å². The van der Waals surface area contributed by atoms with Gasteiger partial charge in [0, 0.05) is 19.6 Å². The molecule has 0 aromatic heterocycles. The second-order valence-electron chi connectivity index (χ2n) is 6.38. The Morgan fingerprint density at radius 1 is 1.32 bits per heavy atom. The number of aliphatic carboxylic acids is 1. The van der Waals surface area contributed by atoms with Crippen molar-refractivity contribution in [2.45, 2.75) is 46.1 Å². The number of rotatable bonds is 5. The highest BCUT2D eigenvalue weighted by Crippen LogP contribution is 2.31. The zero-order chi connectivity index (χ0) is 14.6. The van der Waals surface area contributed by atoms with E-state index >= 15 is 0 Å². The van der Waals surface area contributed by atoms with Crippen LogP contribution in [0.5, 0.6) is 0 Å². The van der Waals surface area contributed by atoms with Gasteiger partial charge >= 0.3 is 5.97 Å². The molecule has 5 nitrogen and oxygen atoms in total. The lowest BCUT2D eigenvalue weighted by Gasteiger charge is -2.29. The summed E-state index contributed by atoms with van der Waals surface area (Å²) in [4.78, 5) is 22.9. The van der Waals surface area contributed by atoms with E-state index in [0.29, 0.717) is 25.8 Å². The van der Waals surface area contributed by atoms with Crippen LogP contribution in [0, 0.1) is 17.3 Å². The van der Waals surface area contributed by atoms with Gasteiger partial charge in [-0.2, -0.15) is 0 Å². The number of hydrogen-bond acceptors (Lipinski definition) is 3. The maximum atomic E-state index is 12.0. The number of hydrogen-bond donors (Lipinski definition) is 2. The Morgan fingerprint density at radius 3 is 2.32 bits per heavy atom. The second kappa shape index (κ2) is 6.37. The van der Waals surface area contributed by atoms with E-state index in [1.807, 2.05) is 0 Å². The molecule has 1 aliphatic carbocycles. The van der Waals surface area contributed by atoms with Crippen molar-refractivity contribution in [1.29, 1.82) is 0 Å². The number of methoxy groups -OCH3 is 1. The molecular formula is C14H25NO4. The monoisotopic (exact) mass is 271 g/mol. The number of carbonyl (C=O) groups is 2. The maximum Gasteiger partial charge on any atom is 0.306 e. The summed E-state index contributed by atoms with van der Waals surface area (Å²) in [5.41, 5.74) is -0.0404. The minimum Gasteiger partial charge on any atom is -0.481 e. The third kappa shape index (κ3) is 4.49. The van der Waals surface area contributed by atoms with Gasteiger partial charge in [0.1, 0.15) is 0 Å². The van der Waals surface area contributed by atoms with Crippen molar-refractivity contribution < 1.29 is 19.4 Å². The van der Waals surface area contributed by atoms with Crippen LogP contribution in [0.3, 0.4) is 0 Å². The molecule has 2 N–H and O–H groups in total. The average molecular weight is 271 g/mol. The number of carbonyl (C=O) groups excluding carboxylic acids is 1. The number of carboxylic acid groups (broad SMARTS) is 1. The standard InChI is InChI=1S/C14H25NO4/c1-14(2,3)11(19-4)8-15-12(16)9-5-6-10(7-9)13(17)18/h9-11H,5-8H2,1-4H3,(H,15,16)(H,17,18)/t9-,10+,11?/m1/s1. The van der Waals surface area contributed by atoms with Crippen LogP contribution in [0.25, 0.3) is 0 Å². The molecule has 0 spiro atoms. The van der Waals surface area contributed by atoms with Crippen LogP contribution in [0.1, 0.15) is 40.0 Å². The van der Waals surface area contributed by atoms with Gasteiger partial charge in [0.05, 0.1) is 12.0 Å². The van der Waals surface area contributed by atoms with Gasteiger partial charge in [0.15, 0.2) is 0 Å². The SMILES string of the molecule is COC(CNC(=O)[C@@H]1CC[C@H](C(=O)O)C1)C(C)(C)C. The summed E-state index contributed by atoms with van der Waals surface area (Å²) < 4.78 is 5.38. The fourth-order valence-electron chi connectivity index (χ4n) is 2.52. The Kier molecular flexibility index (Phi) is 5.35. The van der Waals surface area contributed by atoms with Crippen molar-refractivity contribution in [3.63, 3.8) is 0 Å². The zero-order valence-electron chi connectivity index (χ0n) is 12.2. The lowest BCUT2D eigenvalue weighted by Crippen LogP contribution is -2.42. The summed E-state index contributed by atoms with van der Waals surface area (Å²) in [6.45, 7) is 6.64. The lowest BCUT2D eigenvalue weighted by atomic mass is 9.89. The first kappa shape index (κ1) is 16.0. The highest BCUT2D eigenvalue weighted by atomic mass is 16.5. The zero-order valence-corrected chi connectivity index (χ0v) is 12.2. The maximum absolute atomic E-state index is 12.0. The fourth-order valence-corrected chi connectivity index (χ4v) is 2.52. The highest BCUT2D eigenvalue weighted by molar-refractivity contribution is 5.80. The summed E-state index contributed by atoms with van der Waals surface area (Å²) in [5.74, 6) is -1.37. The summed E-state index contributed by atoms with van der Waals surface area (Å²) in [6, 6.07) is 0. The van der Waals surface area contributed by atoms with E-state index in [0.717, 1.165) is 0 Å². The molecule has 1 amide bonds. The first-order valence-electron chi connectivity index (χ1n) is 6.79. The molecule has 1 saturated carbocycles. The van der Waals surface area contributed by atoms with Crippen LogP contribution in [-0.2, 0) is 14.3 Å². The third-order valence-electron chi connectivity index (χ3n) is 3.86. The van der Waals surface area contributed by atoms with Gasteiger partial charge in [-0.05, 0) is 24.7 Å². The van der Waals surface area contributed by atoms with Crippen molar-refractivity contribution >= 4 is 11.9 Å². The van der Waals surface area contributed by atoms with Gasteiger partial charge in [-0.3, -0.25) is 9.59 Å². The first-order chi connectivity index (χ1) is 8.75. The minimum atomic E-state index is -0.792. The van der Waals surface area contributed by atoms with Crippen molar-refractivity contribution in [2.75, 3.05) is 13.7 Å². The third-order valence-corrected chi connectivity index (χ3v) is 3.86. The molecule has 1 fully saturated rings. The van der Waals surface area contributed by atoms with Gasteiger partial charge in [-0.25, -0.2) is 0 Å². The van der Waals surface area contributed by atoms with E-state index in [4.69, 9.17) is 9.84 Å². The summed E-state index contributed by atoms with van der Waals surface area (Å²) >= 11 is 0. The van der Waals surface area contributed by atoms with E-state index in [1.165, 1.54) is 0 Å². The summed E-state index contributed by atoms with van der Waals surface area (Å²) in [6.07, 6.45) is 1.66.